The van der Waals surface area contributed by atoms with Crippen LogP contribution in [-0.2, 0) is 15.0 Å². The van der Waals surface area contributed by atoms with Gasteiger partial charge >= 0.3 is 10.2 Å². The van der Waals surface area contributed by atoms with E-state index in [0.717, 1.165) is 12.1 Å². The highest BCUT2D eigenvalue weighted by Crippen LogP contribution is 2.36. The Balaban J connectivity index is 2.59. The predicted molar refractivity (Wildman–Crippen MR) is 53.9 cm³/mol. The Morgan fingerprint density at radius 1 is 1.44 bits per heavy atom. The third kappa shape index (κ3) is 1.96. The standard InChI is InChI=1S/C8H5ClFNO4S/c9-4-1-5-6(15-3-8(12)11-5)2-7(4)16(10,13)14/h1-2H,3H2,(H,11,12). The lowest BCUT2D eigenvalue weighted by molar-refractivity contribution is -0.118. The Kier molecular flexibility index (Phi) is 2.51. The van der Waals surface area contributed by atoms with Gasteiger partial charge in [0.1, 0.15) is 10.6 Å². The van der Waals surface area contributed by atoms with Crippen LogP contribution in [0.25, 0.3) is 0 Å². The molecule has 0 unspecified atom stereocenters. The molecule has 1 amide bonds. The number of anilines is 1. The number of rotatable bonds is 1. The van der Waals surface area contributed by atoms with Crippen molar-refractivity contribution < 1.29 is 21.8 Å². The van der Waals surface area contributed by atoms with Crippen molar-refractivity contribution in [1.29, 1.82) is 0 Å². The van der Waals surface area contributed by atoms with E-state index in [1.165, 1.54) is 0 Å². The zero-order chi connectivity index (χ0) is 11.9. The highest BCUT2D eigenvalue weighted by Gasteiger charge is 2.23. The Morgan fingerprint density at radius 2 is 2.12 bits per heavy atom. The van der Waals surface area contributed by atoms with Gasteiger partial charge in [0, 0.05) is 6.07 Å². The fourth-order valence-corrected chi connectivity index (χ4v) is 2.25. The van der Waals surface area contributed by atoms with Crippen LogP contribution >= 0.6 is 11.6 Å². The van der Waals surface area contributed by atoms with Gasteiger partial charge in [-0.05, 0) is 6.07 Å². The van der Waals surface area contributed by atoms with E-state index in [1.54, 1.807) is 0 Å². The number of carbonyl (C=O) groups excluding carboxylic acids is 1. The molecule has 1 heterocycles. The topological polar surface area (TPSA) is 72.5 Å². The average molecular weight is 266 g/mol. The normalized spacial score (nSPS) is 15.0. The molecule has 0 radical (unpaired) electrons. The van der Waals surface area contributed by atoms with Crippen molar-refractivity contribution in [1.82, 2.24) is 0 Å². The Morgan fingerprint density at radius 3 is 2.75 bits per heavy atom. The Bertz CT molecular complexity index is 572. The minimum Gasteiger partial charge on any atom is -0.482 e. The minimum absolute atomic E-state index is 0.0697. The summed E-state index contributed by atoms with van der Waals surface area (Å²) in [5.74, 6) is -0.320. The van der Waals surface area contributed by atoms with Crippen LogP contribution in [0.4, 0.5) is 9.57 Å². The highest BCUT2D eigenvalue weighted by atomic mass is 35.5. The number of halogens is 2. The summed E-state index contributed by atoms with van der Waals surface area (Å²) in [7, 11) is -4.91. The molecule has 0 saturated heterocycles. The monoisotopic (exact) mass is 265 g/mol. The van der Waals surface area contributed by atoms with Gasteiger partial charge in [-0.15, -0.1) is 3.89 Å². The van der Waals surface area contributed by atoms with E-state index >= 15 is 0 Å². The molecule has 1 N–H and O–H groups in total. The van der Waals surface area contributed by atoms with Crippen LogP contribution in [0.5, 0.6) is 5.75 Å². The van der Waals surface area contributed by atoms with Crippen molar-refractivity contribution in [2.24, 2.45) is 0 Å². The summed E-state index contributed by atoms with van der Waals surface area (Å²) in [6, 6.07) is 2.06. The highest BCUT2D eigenvalue weighted by molar-refractivity contribution is 7.86. The van der Waals surface area contributed by atoms with Crippen LogP contribution in [0.2, 0.25) is 5.02 Å². The fraction of sp³-hybridized carbons (Fsp3) is 0.125. The lowest BCUT2D eigenvalue weighted by Gasteiger charge is -2.18. The number of benzene rings is 1. The number of amides is 1. The molecule has 0 atom stereocenters. The maximum atomic E-state index is 12.8. The first kappa shape index (κ1) is 11.2. The average Bonchev–Trinajstić information content (AvgIpc) is 2.14. The van der Waals surface area contributed by atoms with Crippen molar-refractivity contribution in [2.75, 3.05) is 11.9 Å². The zero-order valence-electron chi connectivity index (χ0n) is 7.66. The molecule has 5 nitrogen and oxygen atoms in total. The predicted octanol–water partition coefficient (Wildman–Crippen LogP) is 1.33. The summed E-state index contributed by atoms with van der Waals surface area (Å²) in [5, 5.41) is 2.10. The van der Waals surface area contributed by atoms with Gasteiger partial charge in [0.2, 0.25) is 0 Å². The van der Waals surface area contributed by atoms with E-state index in [-0.39, 0.29) is 29.0 Å². The molecule has 0 aromatic heterocycles. The molecule has 8 heteroatoms. The van der Waals surface area contributed by atoms with Crippen LogP contribution in [0.3, 0.4) is 0 Å². The number of hydrogen-bond acceptors (Lipinski definition) is 4. The molecule has 1 aliphatic rings. The molecule has 0 spiro atoms. The van der Waals surface area contributed by atoms with Gasteiger partial charge in [-0.1, -0.05) is 11.6 Å². The lowest BCUT2D eigenvalue weighted by Crippen LogP contribution is -2.25. The summed E-state index contributed by atoms with van der Waals surface area (Å²) in [5.41, 5.74) is 0.216. The summed E-state index contributed by atoms with van der Waals surface area (Å²) in [6.45, 7) is -0.250. The van der Waals surface area contributed by atoms with Crippen LogP contribution in [0, 0.1) is 0 Å². The van der Waals surface area contributed by atoms with E-state index in [1.807, 2.05) is 0 Å². The van der Waals surface area contributed by atoms with Gasteiger partial charge in [0.15, 0.2) is 6.61 Å². The maximum absolute atomic E-state index is 12.8. The van der Waals surface area contributed by atoms with Crippen LogP contribution in [0.15, 0.2) is 17.0 Å². The Hall–Kier alpha value is -1.34. The number of carbonyl (C=O) groups is 1. The second-order valence-electron chi connectivity index (χ2n) is 3.05. The van der Waals surface area contributed by atoms with Gasteiger partial charge in [-0.3, -0.25) is 4.79 Å². The van der Waals surface area contributed by atoms with Gasteiger partial charge in [-0.25, -0.2) is 0 Å². The minimum atomic E-state index is -4.91. The molecular weight excluding hydrogens is 261 g/mol. The SMILES string of the molecule is O=C1COc2cc(S(=O)(=O)F)c(Cl)cc2N1. The molecule has 86 valence electrons. The van der Waals surface area contributed by atoms with E-state index in [9.17, 15) is 17.1 Å². The van der Waals surface area contributed by atoms with E-state index in [0.29, 0.717) is 0 Å². The van der Waals surface area contributed by atoms with Gasteiger partial charge in [0.05, 0.1) is 10.7 Å². The smallest absolute Gasteiger partial charge is 0.333 e. The molecule has 0 saturated carbocycles. The third-order valence-corrected chi connectivity index (χ3v) is 3.22. The maximum Gasteiger partial charge on any atom is 0.333 e. The second kappa shape index (κ2) is 3.60. The van der Waals surface area contributed by atoms with Crippen molar-refractivity contribution in [3.8, 4) is 5.75 Å². The van der Waals surface area contributed by atoms with Gasteiger partial charge in [0.25, 0.3) is 5.91 Å². The first-order chi connectivity index (χ1) is 7.38. The van der Waals surface area contributed by atoms with Crippen molar-refractivity contribution in [3.05, 3.63) is 17.2 Å². The number of nitrogens with one attached hydrogen (secondary N) is 1. The van der Waals surface area contributed by atoms with Crippen LogP contribution in [-0.4, -0.2) is 20.9 Å². The molecule has 1 aliphatic heterocycles. The molecule has 0 aliphatic carbocycles. The van der Waals surface area contributed by atoms with Crippen molar-refractivity contribution >= 4 is 33.4 Å². The summed E-state index contributed by atoms with van der Waals surface area (Å²) in [4.78, 5) is 10.3. The van der Waals surface area contributed by atoms with Gasteiger partial charge in [-0.2, -0.15) is 8.42 Å². The van der Waals surface area contributed by atoms with Crippen molar-refractivity contribution in [3.63, 3.8) is 0 Å². The van der Waals surface area contributed by atoms with E-state index in [4.69, 9.17) is 16.3 Å². The van der Waals surface area contributed by atoms with Crippen LogP contribution in [0.1, 0.15) is 0 Å². The Labute approximate surface area is 95.4 Å². The molecule has 2 rings (SSSR count). The fourth-order valence-electron chi connectivity index (χ4n) is 1.27. The molecule has 1 aromatic rings. The molecule has 1 aromatic carbocycles. The first-order valence-electron chi connectivity index (χ1n) is 4.09. The summed E-state index contributed by atoms with van der Waals surface area (Å²) in [6.07, 6.45) is 0. The van der Waals surface area contributed by atoms with Gasteiger partial charge < -0.3 is 10.1 Å². The second-order valence-corrected chi connectivity index (χ2v) is 4.78. The third-order valence-electron chi connectivity index (χ3n) is 1.93. The molecule has 0 fully saturated rings. The number of fused-ring (bicyclic) bond motifs is 1. The quantitative estimate of drug-likeness (QED) is 0.778. The molecule has 0 bridgehead atoms. The lowest BCUT2D eigenvalue weighted by atomic mass is 10.2. The largest absolute Gasteiger partial charge is 0.482 e. The van der Waals surface area contributed by atoms with Crippen molar-refractivity contribution in [2.45, 2.75) is 4.90 Å². The summed E-state index contributed by atoms with van der Waals surface area (Å²) < 4.78 is 39.1. The summed E-state index contributed by atoms with van der Waals surface area (Å²) >= 11 is 5.57. The molecular formula is C8H5ClFNO4S. The zero-order valence-corrected chi connectivity index (χ0v) is 9.23. The van der Waals surface area contributed by atoms with E-state index < -0.39 is 15.1 Å². The first-order valence-corrected chi connectivity index (χ1v) is 5.85. The van der Waals surface area contributed by atoms with E-state index in [2.05, 4.69) is 5.32 Å². The molecule has 16 heavy (non-hydrogen) atoms. The number of ether oxygens (including phenoxy) is 1. The van der Waals surface area contributed by atoms with Crippen LogP contribution < -0.4 is 10.1 Å². The number of hydrogen-bond donors (Lipinski definition) is 1.